The Balaban J connectivity index is 1.43. The predicted molar refractivity (Wildman–Crippen MR) is 165 cm³/mol. The van der Waals surface area contributed by atoms with Gasteiger partial charge in [-0.05, 0) is 43.9 Å². The van der Waals surface area contributed by atoms with Crippen LogP contribution in [0.1, 0.15) is 50.5 Å². The number of nitriles is 1. The van der Waals surface area contributed by atoms with Gasteiger partial charge in [0.05, 0.1) is 32.8 Å². The molecule has 13 heteroatoms. The molecule has 3 N–H and O–H groups in total. The number of nitrogens with zero attached hydrogens (tertiary/aromatic N) is 4. The molecule has 2 aromatic carbocycles. The van der Waals surface area contributed by atoms with Crippen molar-refractivity contribution in [2.45, 2.75) is 56.7 Å². The molecular formula is C31H30ClF3N6O2S. The molecule has 4 aromatic rings. The molecule has 2 fully saturated rings. The van der Waals surface area contributed by atoms with Crippen LogP contribution in [0.2, 0.25) is 5.02 Å². The van der Waals surface area contributed by atoms with E-state index in [4.69, 9.17) is 26.8 Å². The number of halogens is 4. The summed E-state index contributed by atoms with van der Waals surface area (Å²) in [6, 6.07) is 4.56. The van der Waals surface area contributed by atoms with Crippen LogP contribution in [0, 0.1) is 23.0 Å². The van der Waals surface area contributed by atoms with Gasteiger partial charge in [-0.3, -0.25) is 4.90 Å². The summed E-state index contributed by atoms with van der Waals surface area (Å²) in [5.41, 5.74) is 5.68. The first-order valence-electron chi connectivity index (χ1n) is 14.8. The van der Waals surface area contributed by atoms with Crippen molar-refractivity contribution in [2.75, 3.05) is 43.9 Å². The molecule has 2 atom stereocenters. The number of aromatic nitrogens is 2. The molecule has 0 saturated carbocycles. The summed E-state index contributed by atoms with van der Waals surface area (Å²) in [6.45, 7) is 2.24. The number of hydrogen-bond donors (Lipinski definition) is 2. The van der Waals surface area contributed by atoms with Crippen LogP contribution in [0.25, 0.3) is 32.1 Å². The van der Waals surface area contributed by atoms with Crippen LogP contribution in [0.15, 0.2) is 12.1 Å². The number of hydrogen-bond acceptors (Lipinski definition) is 9. The minimum Gasteiger partial charge on any atom is -0.491 e. The van der Waals surface area contributed by atoms with E-state index in [1.54, 1.807) is 0 Å². The quantitative estimate of drug-likeness (QED) is 0.240. The average molecular weight is 643 g/mol. The lowest BCUT2D eigenvalue weighted by atomic mass is 9.95. The van der Waals surface area contributed by atoms with Crippen LogP contribution in [-0.2, 0) is 0 Å². The smallest absolute Gasteiger partial charge is 0.319 e. The molecule has 3 aliphatic heterocycles. The fourth-order valence-corrected chi connectivity index (χ4v) is 8.22. The van der Waals surface area contributed by atoms with E-state index < -0.39 is 23.3 Å². The maximum absolute atomic E-state index is 16.9. The highest BCUT2D eigenvalue weighted by atomic mass is 35.5. The number of nitrogens with one attached hydrogen (secondary N) is 1. The molecule has 2 aromatic heterocycles. The Bertz CT molecular complexity index is 1830. The Labute approximate surface area is 260 Å². The zero-order chi connectivity index (χ0) is 30.6. The maximum Gasteiger partial charge on any atom is 0.319 e. The van der Waals surface area contributed by atoms with Crippen molar-refractivity contribution in [3.63, 3.8) is 0 Å². The number of nitrogens with two attached hydrogens (primary N) is 1. The van der Waals surface area contributed by atoms with E-state index in [0.717, 1.165) is 56.4 Å². The van der Waals surface area contributed by atoms with Crippen molar-refractivity contribution < 1.29 is 22.6 Å². The van der Waals surface area contributed by atoms with Gasteiger partial charge in [0.15, 0.2) is 11.6 Å². The third-order valence-corrected chi connectivity index (χ3v) is 10.4. The summed E-state index contributed by atoms with van der Waals surface area (Å²) in [7, 11) is 0. The standard InChI is InChI=1S/C31H30ClF3N6O2S/c32-23-21(17-6-7-19(34)27-20(17)18(13-36)28(37)44-27)24(35)25-22-26(23)42-11-4-2-1-3-9-38-29(22)40-30(39-25)43-15-31-8-5-10-41(31)14-16(33)12-31/h6-7,16H,1-5,8-12,14-15,37H2,(H,38,39,40)/t16-,31?/m1/s1. The fraction of sp³-hybridized carbons (Fsp3) is 0.452. The molecule has 0 bridgehead atoms. The van der Waals surface area contributed by atoms with Crippen LogP contribution in [0.5, 0.6) is 11.8 Å². The zero-order valence-corrected chi connectivity index (χ0v) is 25.4. The van der Waals surface area contributed by atoms with Crippen molar-refractivity contribution in [1.82, 2.24) is 14.9 Å². The Morgan fingerprint density at radius 3 is 2.89 bits per heavy atom. The second kappa shape index (κ2) is 11.4. The lowest BCUT2D eigenvalue weighted by molar-refractivity contribution is 0.107. The Morgan fingerprint density at radius 1 is 1.20 bits per heavy atom. The molecule has 7 rings (SSSR count). The van der Waals surface area contributed by atoms with E-state index in [0.29, 0.717) is 31.9 Å². The van der Waals surface area contributed by atoms with Crippen molar-refractivity contribution in [1.29, 1.82) is 5.26 Å². The molecule has 1 unspecified atom stereocenters. The van der Waals surface area contributed by atoms with Gasteiger partial charge in [-0.15, -0.1) is 11.3 Å². The minimum absolute atomic E-state index is 0.0422. The first kappa shape index (κ1) is 29.2. The van der Waals surface area contributed by atoms with Gasteiger partial charge in [-0.2, -0.15) is 15.2 Å². The Kier molecular flexibility index (Phi) is 7.59. The van der Waals surface area contributed by atoms with Crippen LogP contribution in [0.4, 0.5) is 24.0 Å². The van der Waals surface area contributed by atoms with Gasteiger partial charge < -0.3 is 20.5 Å². The van der Waals surface area contributed by atoms with Crippen molar-refractivity contribution in [3.8, 4) is 29.0 Å². The topological polar surface area (TPSA) is 109 Å². The van der Waals surface area contributed by atoms with Crippen LogP contribution >= 0.6 is 22.9 Å². The fourth-order valence-electron chi connectivity index (χ4n) is 6.93. The second-order valence-corrected chi connectivity index (χ2v) is 13.1. The van der Waals surface area contributed by atoms with Gasteiger partial charge in [0.25, 0.3) is 0 Å². The van der Waals surface area contributed by atoms with Gasteiger partial charge in [0.1, 0.15) is 41.0 Å². The molecule has 5 heterocycles. The molecule has 2 saturated heterocycles. The molecule has 3 aliphatic rings. The molecule has 0 spiro atoms. The largest absolute Gasteiger partial charge is 0.491 e. The van der Waals surface area contributed by atoms with E-state index in [9.17, 15) is 14.0 Å². The van der Waals surface area contributed by atoms with E-state index in [1.807, 2.05) is 6.07 Å². The molecular weight excluding hydrogens is 613 g/mol. The molecule has 0 radical (unpaired) electrons. The number of anilines is 2. The number of fused-ring (bicyclic) bond motifs is 2. The number of alkyl halides is 1. The van der Waals surface area contributed by atoms with Crippen molar-refractivity contribution in [3.05, 3.63) is 34.4 Å². The maximum atomic E-state index is 16.9. The van der Waals surface area contributed by atoms with E-state index in [2.05, 4.69) is 20.2 Å². The predicted octanol–water partition coefficient (Wildman–Crippen LogP) is 7.22. The Morgan fingerprint density at radius 2 is 2.05 bits per heavy atom. The van der Waals surface area contributed by atoms with Crippen LogP contribution in [0.3, 0.4) is 0 Å². The van der Waals surface area contributed by atoms with Crippen molar-refractivity contribution in [2.24, 2.45) is 0 Å². The number of nitrogen functional groups attached to an aromatic ring is 1. The first-order valence-corrected chi connectivity index (χ1v) is 16.0. The van der Waals surface area contributed by atoms with Gasteiger partial charge in [0.2, 0.25) is 0 Å². The monoisotopic (exact) mass is 642 g/mol. The number of rotatable bonds is 4. The summed E-state index contributed by atoms with van der Waals surface area (Å²) in [6.07, 6.45) is 4.70. The van der Waals surface area contributed by atoms with Gasteiger partial charge in [-0.1, -0.05) is 30.5 Å². The molecule has 0 aliphatic carbocycles. The molecule has 8 nitrogen and oxygen atoms in total. The molecule has 44 heavy (non-hydrogen) atoms. The number of benzene rings is 2. The normalized spacial score (nSPS) is 22.3. The summed E-state index contributed by atoms with van der Waals surface area (Å²) in [5, 5.41) is 13.7. The Hall–Kier alpha value is -3.53. The van der Waals surface area contributed by atoms with E-state index in [-0.39, 0.29) is 66.1 Å². The zero-order valence-electron chi connectivity index (χ0n) is 23.8. The van der Waals surface area contributed by atoms with Gasteiger partial charge in [-0.25, -0.2) is 13.2 Å². The van der Waals surface area contributed by atoms with E-state index in [1.165, 1.54) is 12.1 Å². The third kappa shape index (κ3) is 4.76. The minimum atomic E-state index is -0.929. The lowest BCUT2D eigenvalue weighted by Crippen LogP contribution is -2.43. The highest BCUT2D eigenvalue weighted by Gasteiger charge is 2.49. The van der Waals surface area contributed by atoms with Crippen LogP contribution < -0.4 is 20.5 Å². The summed E-state index contributed by atoms with van der Waals surface area (Å²) >= 11 is 7.89. The average Bonchev–Trinajstić information content (AvgIpc) is 3.64. The third-order valence-electron chi connectivity index (χ3n) is 9.00. The molecule has 230 valence electrons. The van der Waals surface area contributed by atoms with Crippen LogP contribution in [-0.4, -0.2) is 59.4 Å². The van der Waals surface area contributed by atoms with E-state index >= 15 is 4.39 Å². The van der Waals surface area contributed by atoms with Gasteiger partial charge in [0, 0.05) is 30.5 Å². The summed E-state index contributed by atoms with van der Waals surface area (Å²) in [5.74, 6) is -0.882. The van der Waals surface area contributed by atoms with Crippen molar-refractivity contribution >= 4 is 54.7 Å². The summed E-state index contributed by atoms with van der Waals surface area (Å²) in [4.78, 5) is 11.3. The highest BCUT2D eigenvalue weighted by Crippen LogP contribution is 2.50. The summed E-state index contributed by atoms with van der Waals surface area (Å²) < 4.78 is 58.7. The molecule has 0 amide bonds. The van der Waals surface area contributed by atoms with Gasteiger partial charge >= 0.3 is 6.01 Å². The number of thiophene rings is 1. The SMILES string of the molecule is N#Cc1c(N)sc2c(F)ccc(-c3c(Cl)c4c5c(nc(OCC67CCCN6C[C@H](F)C7)nc5c3F)NCCCCCCO4)c12. The number of ether oxygens (including phenoxy) is 2. The second-order valence-electron chi connectivity index (χ2n) is 11.7. The lowest BCUT2D eigenvalue weighted by Gasteiger charge is -2.30. The first-order chi connectivity index (χ1) is 21.3. The highest BCUT2D eigenvalue weighted by molar-refractivity contribution is 7.23.